The molecule has 1 heterocycles. The van der Waals surface area contributed by atoms with Crippen LogP contribution in [0, 0.1) is 11.3 Å². The smallest absolute Gasteiger partial charge is 0.180 e. The Labute approximate surface area is 96.9 Å². The van der Waals surface area contributed by atoms with Gasteiger partial charge in [-0.05, 0) is 18.2 Å². The molecule has 0 unspecified atom stereocenters. The van der Waals surface area contributed by atoms with Crippen molar-refractivity contribution in [1.82, 2.24) is 4.98 Å². The van der Waals surface area contributed by atoms with Crippen LogP contribution in [0.2, 0.25) is 0 Å². The van der Waals surface area contributed by atoms with Gasteiger partial charge in [-0.2, -0.15) is 5.26 Å². The summed E-state index contributed by atoms with van der Waals surface area (Å²) in [5.74, 6) is 0.711. The molecule has 4 nitrogen and oxygen atoms in total. The SMILES string of the molecule is COc1ccc(C#N)cc1-c1cnc(N)s1. The van der Waals surface area contributed by atoms with E-state index in [2.05, 4.69) is 11.1 Å². The molecular formula is C11H9N3OS. The van der Waals surface area contributed by atoms with Crippen LogP contribution in [0.1, 0.15) is 5.56 Å². The lowest BCUT2D eigenvalue weighted by molar-refractivity contribution is 0.416. The monoisotopic (exact) mass is 231 g/mol. The molecule has 0 atom stereocenters. The molecule has 2 aromatic rings. The van der Waals surface area contributed by atoms with Crippen LogP contribution < -0.4 is 10.5 Å². The van der Waals surface area contributed by atoms with Crippen LogP contribution >= 0.6 is 11.3 Å². The van der Waals surface area contributed by atoms with Crippen LogP contribution in [0.25, 0.3) is 10.4 Å². The molecule has 1 aromatic carbocycles. The highest BCUT2D eigenvalue weighted by Gasteiger charge is 2.09. The standard InChI is InChI=1S/C11H9N3OS/c1-15-9-3-2-7(5-12)4-8(9)10-6-14-11(13)16-10/h2-4,6H,1H3,(H2,13,14). The van der Waals surface area contributed by atoms with Gasteiger partial charge in [-0.15, -0.1) is 0 Å². The maximum Gasteiger partial charge on any atom is 0.180 e. The molecule has 0 fully saturated rings. The lowest BCUT2D eigenvalue weighted by atomic mass is 10.1. The first-order chi connectivity index (χ1) is 7.74. The predicted molar refractivity (Wildman–Crippen MR) is 63.2 cm³/mol. The van der Waals surface area contributed by atoms with Crippen molar-refractivity contribution >= 4 is 16.5 Å². The van der Waals surface area contributed by atoms with Gasteiger partial charge in [0.25, 0.3) is 0 Å². The Hall–Kier alpha value is -2.06. The van der Waals surface area contributed by atoms with E-state index in [1.807, 2.05) is 0 Å². The van der Waals surface area contributed by atoms with Crippen molar-refractivity contribution in [2.24, 2.45) is 0 Å². The molecule has 80 valence electrons. The van der Waals surface area contributed by atoms with Crippen molar-refractivity contribution in [2.45, 2.75) is 0 Å². The average Bonchev–Trinajstić information content (AvgIpc) is 2.75. The van der Waals surface area contributed by atoms with E-state index < -0.39 is 0 Å². The summed E-state index contributed by atoms with van der Waals surface area (Å²) in [5, 5.41) is 9.35. The first-order valence-electron chi connectivity index (χ1n) is 4.54. The van der Waals surface area contributed by atoms with Gasteiger partial charge in [-0.3, -0.25) is 0 Å². The number of thiazole rings is 1. The highest BCUT2D eigenvalue weighted by Crippen LogP contribution is 2.35. The Kier molecular flexibility index (Phi) is 2.75. The zero-order valence-corrected chi connectivity index (χ0v) is 9.41. The fraction of sp³-hybridized carbons (Fsp3) is 0.0909. The number of anilines is 1. The Morgan fingerprint density at radius 3 is 2.88 bits per heavy atom. The van der Waals surface area contributed by atoms with Gasteiger partial charge < -0.3 is 10.5 Å². The third-order valence-electron chi connectivity index (χ3n) is 2.12. The summed E-state index contributed by atoms with van der Waals surface area (Å²) in [6.45, 7) is 0. The number of hydrogen-bond acceptors (Lipinski definition) is 5. The molecule has 2 N–H and O–H groups in total. The van der Waals surface area contributed by atoms with Gasteiger partial charge in [0.15, 0.2) is 5.13 Å². The minimum atomic E-state index is 0.499. The lowest BCUT2D eigenvalue weighted by Gasteiger charge is -2.05. The van der Waals surface area contributed by atoms with Gasteiger partial charge in [-0.1, -0.05) is 11.3 Å². The molecule has 0 aliphatic carbocycles. The van der Waals surface area contributed by atoms with E-state index in [9.17, 15) is 0 Å². The van der Waals surface area contributed by atoms with Crippen LogP contribution in [0.5, 0.6) is 5.75 Å². The molecule has 0 aliphatic rings. The number of hydrogen-bond donors (Lipinski definition) is 1. The number of nitriles is 1. The average molecular weight is 231 g/mol. The Morgan fingerprint density at radius 1 is 1.50 bits per heavy atom. The largest absolute Gasteiger partial charge is 0.496 e. The normalized spacial score (nSPS) is 9.75. The van der Waals surface area contributed by atoms with E-state index in [-0.39, 0.29) is 0 Å². The number of nitrogens with two attached hydrogens (primary N) is 1. The molecule has 16 heavy (non-hydrogen) atoms. The number of methoxy groups -OCH3 is 1. The predicted octanol–water partition coefficient (Wildman–Crippen LogP) is 2.27. The summed E-state index contributed by atoms with van der Waals surface area (Å²) in [4.78, 5) is 4.88. The summed E-state index contributed by atoms with van der Waals surface area (Å²) < 4.78 is 5.24. The quantitative estimate of drug-likeness (QED) is 0.860. The fourth-order valence-electron chi connectivity index (χ4n) is 1.38. The molecular weight excluding hydrogens is 222 g/mol. The van der Waals surface area contributed by atoms with E-state index in [0.29, 0.717) is 16.4 Å². The molecule has 0 saturated heterocycles. The Balaban J connectivity index is 2.57. The second-order valence-corrected chi connectivity index (χ2v) is 4.15. The van der Waals surface area contributed by atoms with Crippen LogP contribution in [0.3, 0.4) is 0 Å². The number of ether oxygens (including phenoxy) is 1. The van der Waals surface area contributed by atoms with Gasteiger partial charge in [0.2, 0.25) is 0 Å². The zero-order chi connectivity index (χ0) is 11.5. The molecule has 0 amide bonds. The van der Waals surface area contributed by atoms with E-state index >= 15 is 0 Å². The minimum Gasteiger partial charge on any atom is -0.496 e. The van der Waals surface area contributed by atoms with E-state index in [1.54, 1.807) is 31.5 Å². The topological polar surface area (TPSA) is 71.9 Å². The summed E-state index contributed by atoms with van der Waals surface area (Å²) in [6, 6.07) is 7.34. The third-order valence-corrected chi connectivity index (χ3v) is 2.98. The highest BCUT2D eigenvalue weighted by atomic mass is 32.1. The highest BCUT2D eigenvalue weighted by molar-refractivity contribution is 7.18. The Morgan fingerprint density at radius 2 is 2.31 bits per heavy atom. The maximum absolute atomic E-state index is 8.85. The van der Waals surface area contributed by atoms with Crippen LogP contribution in [-0.4, -0.2) is 12.1 Å². The van der Waals surface area contributed by atoms with Crippen molar-refractivity contribution in [2.75, 3.05) is 12.8 Å². The zero-order valence-electron chi connectivity index (χ0n) is 8.60. The number of nitrogen functional groups attached to an aromatic ring is 1. The summed E-state index contributed by atoms with van der Waals surface area (Å²) in [7, 11) is 1.59. The van der Waals surface area contributed by atoms with Gasteiger partial charge in [0.1, 0.15) is 5.75 Å². The minimum absolute atomic E-state index is 0.499. The van der Waals surface area contributed by atoms with Gasteiger partial charge in [-0.25, -0.2) is 4.98 Å². The van der Waals surface area contributed by atoms with E-state index in [4.69, 9.17) is 15.7 Å². The first-order valence-corrected chi connectivity index (χ1v) is 5.36. The molecule has 0 spiro atoms. The molecule has 0 aliphatic heterocycles. The van der Waals surface area contributed by atoms with E-state index in [1.165, 1.54) is 11.3 Å². The van der Waals surface area contributed by atoms with Crippen molar-refractivity contribution < 1.29 is 4.74 Å². The van der Waals surface area contributed by atoms with Gasteiger partial charge in [0, 0.05) is 11.8 Å². The van der Waals surface area contributed by atoms with Crippen LogP contribution in [0.15, 0.2) is 24.4 Å². The van der Waals surface area contributed by atoms with Crippen molar-refractivity contribution in [1.29, 1.82) is 5.26 Å². The summed E-state index contributed by atoms with van der Waals surface area (Å²) in [5.41, 5.74) is 7.01. The molecule has 2 rings (SSSR count). The molecule has 5 heteroatoms. The molecule has 1 aromatic heterocycles. The molecule has 0 saturated carbocycles. The second-order valence-electron chi connectivity index (χ2n) is 3.09. The number of aromatic nitrogens is 1. The summed E-state index contributed by atoms with van der Waals surface area (Å²) >= 11 is 1.37. The molecule has 0 bridgehead atoms. The van der Waals surface area contributed by atoms with Crippen molar-refractivity contribution in [3.05, 3.63) is 30.0 Å². The molecule has 0 radical (unpaired) electrons. The number of nitrogens with zero attached hydrogens (tertiary/aromatic N) is 2. The van der Waals surface area contributed by atoms with Crippen molar-refractivity contribution in [3.8, 4) is 22.3 Å². The number of rotatable bonds is 2. The first kappa shape index (κ1) is 10.5. The second kappa shape index (κ2) is 4.21. The fourth-order valence-corrected chi connectivity index (χ4v) is 2.09. The third kappa shape index (κ3) is 1.83. The van der Waals surface area contributed by atoms with Crippen molar-refractivity contribution in [3.63, 3.8) is 0 Å². The van der Waals surface area contributed by atoms with Gasteiger partial charge in [0.05, 0.1) is 23.6 Å². The van der Waals surface area contributed by atoms with Crippen LogP contribution in [0.4, 0.5) is 5.13 Å². The van der Waals surface area contributed by atoms with Crippen LogP contribution in [-0.2, 0) is 0 Å². The summed E-state index contributed by atoms with van der Waals surface area (Å²) in [6.07, 6.45) is 1.68. The van der Waals surface area contributed by atoms with E-state index in [0.717, 1.165) is 10.4 Å². The number of benzene rings is 1. The maximum atomic E-state index is 8.85. The lowest BCUT2D eigenvalue weighted by Crippen LogP contribution is -1.87. The van der Waals surface area contributed by atoms with Gasteiger partial charge >= 0.3 is 0 Å². The Bertz CT molecular complexity index is 557.